The highest BCUT2D eigenvalue weighted by molar-refractivity contribution is 5.81. The summed E-state index contributed by atoms with van der Waals surface area (Å²) >= 11 is 0. The fourth-order valence-electron chi connectivity index (χ4n) is 2.66. The fourth-order valence-corrected chi connectivity index (χ4v) is 2.66. The van der Waals surface area contributed by atoms with Crippen molar-refractivity contribution in [2.24, 2.45) is 5.92 Å². The minimum Gasteiger partial charge on any atom is -0.497 e. The summed E-state index contributed by atoms with van der Waals surface area (Å²) in [6.45, 7) is 6.06. The Hall–Kier alpha value is -2.49. The lowest BCUT2D eigenvalue weighted by atomic mass is 9.97. The lowest BCUT2D eigenvalue weighted by molar-refractivity contribution is -0.128. The molecular weight excluding hydrogens is 314 g/mol. The van der Waals surface area contributed by atoms with Crippen LogP contribution in [0.3, 0.4) is 0 Å². The Balaban J connectivity index is 2.03. The molecular formula is C21H27NO3. The van der Waals surface area contributed by atoms with Crippen molar-refractivity contribution in [3.05, 3.63) is 60.2 Å². The molecule has 1 N–H and O–H groups in total. The third-order valence-electron chi connectivity index (χ3n) is 3.95. The largest absolute Gasteiger partial charge is 0.497 e. The molecule has 2 atom stereocenters. The minimum absolute atomic E-state index is 0.0231. The zero-order valence-corrected chi connectivity index (χ0v) is 15.4. The van der Waals surface area contributed by atoms with Gasteiger partial charge in [0.25, 0.3) is 5.91 Å². The number of rotatable bonds is 8. The molecule has 0 fully saturated rings. The van der Waals surface area contributed by atoms with E-state index in [0.717, 1.165) is 12.0 Å². The lowest BCUT2D eigenvalue weighted by Gasteiger charge is -2.23. The number of hydrogen-bond acceptors (Lipinski definition) is 3. The summed E-state index contributed by atoms with van der Waals surface area (Å²) in [5, 5.41) is 3.12. The molecule has 0 aliphatic rings. The van der Waals surface area contributed by atoms with E-state index in [4.69, 9.17) is 9.47 Å². The molecule has 4 nitrogen and oxygen atoms in total. The van der Waals surface area contributed by atoms with E-state index in [0.29, 0.717) is 17.4 Å². The predicted octanol–water partition coefficient (Wildman–Crippen LogP) is 4.37. The van der Waals surface area contributed by atoms with Crippen LogP contribution in [0, 0.1) is 5.92 Å². The Morgan fingerprint density at radius 2 is 1.68 bits per heavy atom. The molecule has 2 aromatic rings. The molecule has 0 saturated carbocycles. The van der Waals surface area contributed by atoms with Crippen molar-refractivity contribution in [2.75, 3.05) is 7.11 Å². The molecule has 0 saturated heterocycles. The van der Waals surface area contributed by atoms with Crippen molar-refractivity contribution in [1.29, 1.82) is 0 Å². The topological polar surface area (TPSA) is 47.6 Å². The summed E-state index contributed by atoms with van der Waals surface area (Å²) in [7, 11) is 1.60. The van der Waals surface area contributed by atoms with Crippen LogP contribution in [0.2, 0.25) is 0 Å². The first-order valence-corrected chi connectivity index (χ1v) is 8.65. The molecule has 2 aromatic carbocycles. The van der Waals surface area contributed by atoms with Crippen LogP contribution in [0.15, 0.2) is 54.6 Å². The molecule has 1 amide bonds. The fraction of sp³-hybridized carbons (Fsp3) is 0.381. The summed E-state index contributed by atoms with van der Waals surface area (Å²) in [6.07, 6.45) is 0.284. The van der Waals surface area contributed by atoms with E-state index in [1.807, 2.05) is 48.5 Å². The zero-order valence-electron chi connectivity index (χ0n) is 15.4. The van der Waals surface area contributed by atoms with Gasteiger partial charge in [0, 0.05) is 6.07 Å². The van der Waals surface area contributed by atoms with Gasteiger partial charge in [-0.2, -0.15) is 0 Å². The quantitative estimate of drug-likeness (QED) is 0.776. The van der Waals surface area contributed by atoms with Gasteiger partial charge in [0.2, 0.25) is 0 Å². The highest BCUT2D eigenvalue weighted by Crippen LogP contribution is 2.23. The third-order valence-corrected chi connectivity index (χ3v) is 3.95. The summed E-state index contributed by atoms with van der Waals surface area (Å²) in [6, 6.07) is 17.3. The summed E-state index contributed by atoms with van der Waals surface area (Å²) in [4.78, 5) is 12.6. The number of hydrogen-bond donors (Lipinski definition) is 1. The number of carbonyl (C=O) groups excluding carboxylic acids is 1. The molecule has 134 valence electrons. The van der Waals surface area contributed by atoms with E-state index >= 15 is 0 Å². The smallest absolute Gasteiger partial charge is 0.261 e. The van der Waals surface area contributed by atoms with Crippen molar-refractivity contribution in [1.82, 2.24) is 5.32 Å². The molecule has 4 heteroatoms. The summed E-state index contributed by atoms with van der Waals surface area (Å²) in [5.74, 6) is 1.66. The van der Waals surface area contributed by atoms with Crippen LogP contribution in [0.5, 0.6) is 11.5 Å². The maximum absolute atomic E-state index is 12.6. The van der Waals surface area contributed by atoms with Gasteiger partial charge in [-0.25, -0.2) is 0 Å². The van der Waals surface area contributed by atoms with Gasteiger partial charge >= 0.3 is 0 Å². The van der Waals surface area contributed by atoms with Crippen LogP contribution in [0.1, 0.15) is 38.8 Å². The Bertz CT molecular complexity index is 670. The van der Waals surface area contributed by atoms with Crippen LogP contribution in [-0.4, -0.2) is 19.1 Å². The van der Waals surface area contributed by atoms with Crippen molar-refractivity contribution < 1.29 is 14.3 Å². The molecule has 0 aromatic heterocycles. The van der Waals surface area contributed by atoms with E-state index < -0.39 is 6.10 Å². The Kier molecular flexibility index (Phi) is 6.87. The van der Waals surface area contributed by atoms with Crippen LogP contribution in [0.25, 0.3) is 0 Å². The van der Waals surface area contributed by atoms with Gasteiger partial charge in [0.1, 0.15) is 11.5 Å². The molecule has 0 bridgehead atoms. The highest BCUT2D eigenvalue weighted by Gasteiger charge is 2.21. The molecule has 2 rings (SSSR count). The normalized spacial score (nSPS) is 13.2. The number of benzene rings is 2. The number of ether oxygens (including phenoxy) is 2. The van der Waals surface area contributed by atoms with Crippen molar-refractivity contribution in [3.63, 3.8) is 0 Å². The lowest BCUT2D eigenvalue weighted by Crippen LogP contribution is -2.39. The summed E-state index contributed by atoms with van der Waals surface area (Å²) < 4.78 is 11.0. The van der Waals surface area contributed by atoms with Crippen molar-refractivity contribution in [3.8, 4) is 11.5 Å². The van der Waals surface area contributed by atoms with E-state index in [1.54, 1.807) is 20.1 Å². The van der Waals surface area contributed by atoms with Gasteiger partial charge < -0.3 is 14.8 Å². The average molecular weight is 341 g/mol. The molecule has 0 aliphatic heterocycles. The van der Waals surface area contributed by atoms with E-state index in [1.165, 1.54) is 0 Å². The second-order valence-corrected chi connectivity index (χ2v) is 6.54. The van der Waals surface area contributed by atoms with E-state index in [2.05, 4.69) is 19.2 Å². The highest BCUT2D eigenvalue weighted by atomic mass is 16.5. The molecule has 0 heterocycles. The molecule has 0 aliphatic carbocycles. The van der Waals surface area contributed by atoms with Crippen LogP contribution < -0.4 is 14.8 Å². The Labute approximate surface area is 150 Å². The number of carbonyl (C=O) groups is 1. The SMILES string of the molecule is COc1cccc(O[C@@H](C)C(=O)N[C@H](CC(C)C)c2ccccc2)c1. The van der Waals surface area contributed by atoms with Gasteiger partial charge in [-0.15, -0.1) is 0 Å². The van der Waals surface area contributed by atoms with Crippen molar-refractivity contribution in [2.45, 2.75) is 39.3 Å². The third kappa shape index (κ3) is 5.82. The number of amides is 1. The van der Waals surface area contributed by atoms with Crippen LogP contribution >= 0.6 is 0 Å². The second kappa shape index (κ2) is 9.11. The van der Waals surface area contributed by atoms with E-state index in [-0.39, 0.29) is 11.9 Å². The number of nitrogens with one attached hydrogen (secondary N) is 1. The Morgan fingerprint density at radius 3 is 2.32 bits per heavy atom. The molecule has 25 heavy (non-hydrogen) atoms. The van der Waals surface area contributed by atoms with E-state index in [9.17, 15) is 4.79 Å². The van der Waals surface area contributed by atoms with Crippen LogP contribution in [0.4, 0.5) is 0 Å². The van der Waals surface area contributed by atoms with Gasteiger partial charge in [-0.1, -0.05) is 50.2 Å². The van der Waals surface area contributed by atoms with Gasteiger partial charge in [-0.05, 0) is 37.0 Å². The first-order chi connectivity index (χ1) is 12.0. The maximum atomic E-state index is 12.6. The van der Waals surface area contributed by atoms with Crippen molar-refractivity contribution >= 4 is 5.91 Å². The van der Waals surface area contributed by atoms with Gasteiger partial charge in [-0.3, -0.25) is 4.79 Å². The number of methoxy groups -OCH3 is 1. The molecule has 0 spiro atoms. The zero-order chi connectivity index (χ0) is 18.2. The molecule has 0 unspecified atom stereocenters. The Morgan fingerprint density at radius 1 is 1.00 bits per heavy atom. The predicted molar refractivity (Wildman–Crippen MR) is 99.9 cm³/mol. The second-order valence-electron chi connectivity index (χ2n) is 6.54. The first kappa shape index (κ1) is 18.8. The standard InChI is InChI=1S/C21H27NO3/c1-15(2)13-20(17-9-6-5-7-10-17)22-21(23)16(3)25-19-12-8-11-18(14-19)24-4/h5-12,14-16,20H,13H2,1-4H3,(H,22,23)/t16-,20+/m0/s1. The van der Waals surface area contributed by atoms with Crippen LogP contribution in [-0.2, 0) is 4.79 Å². The maximum Gasteiger partial charge on any atom is 0.261 e. The first-order valence-electron chi connectivity index (χ1n) is 8.65. The molecule has 0 radical (unpaired) electrons. The summed E-state index contributed by atoms with van der Waals surface area (Å²) in [5.41, 5.74) is 1.11. The monoisotopic (exact) mass is 341 g/mol. The average Bonchev–Trinajstić information content (AvgIpc) is 2.61. The van der Waals surface area contributed by atoms with Gasteiger partial charge in [0.05, 0.1) is 13.2 Å². The van der Waals surface area contributed by atoms with Gasteiger partial charge in [0.15, 0.2) is 6.10 Å². The minimum atomic E-state index is -0.592.